The summed E-state index contributed by atoms with van der Waals surface area (Å²) >= 11 is 1.23. The highest BCUT2D eigenvalue weighted by Gasteiger charge is 2.04. The van der Waals surface area contributed by atoms with Crippen molar-refractivity contribution in [3.05, 3.63) is 30.1 Å². The zero-order valence-corrected chi connectivity index (χ0v) is 11.0. The third kappa shape index (κ3) is 3.27. The molecule has 0 unspecified atom stereocenters. The van der Waals surface area contributed by atoms with Gasteiger partial charge in [0.1, 0.15) is 11.6 Å². The second-order valence-electron chi connectivity index (χ2n) is 3.64. The molecule has 0 saturated heterocycles. The van der Waals surface area contributed by atoms with E-state index in [2.05, 4.69) is 14.7 Å². The Kier molecular flexibility index (Phi) is 3.88. The Labute approximate surface area is 109 Å². The van der Waals surface area contributed by atoms with Crippen molar-refractivity contribution < 1.29 is 9.53 Å². The smallest absolute Gasteiger partial charge is 0.298 e. The summed E-state index contributed by atoms with van der Waals surface area (Å²) in [5.41, 5.74) is 0.737. The Bertz CT molecular complexity index is 537. The van der Waals surface area contributed by atoms with Crippen LogP contribution in [0.5, 0.6) is 10.9 Å². The van der Waals surface area contributed by atoms with Crippen LogP contribution in [0.3, 0.4) is 0 Å². The predicted molar refractivity (Wildman–Crippen MR) is 70.1 cm³/mol. The van der Waals surface area contributed by atoms with E-state index in [0.717, 1.165) is 17.9 Å². The molecule has 0 fully saturated rings. The molecule has 0 spiro atoms. The molecule has 0 aliphatic heterocycles. The number of aromatic nitrogens is 2. The highest BCUT2D eigenvalue weighted by atomic mass is 32.1. The van der Waals surface area contributed by atoms with Crippen molar-refractivity contribution >= 4 is 23.1 Å². The number of aryl methyl sites for hydroxylation is 1. The lowest BCUT2D eigenvalue weighted by Gasteiger charge is -2.04. The fourth-order valence-corrected chi connectivity index (χ4v) is 1.97. The van der Waals surface area contributed by atoms with Crippen molar-refractivity contribution in [1.82, 2.24) is 9.36 Å². The summed E-state index contributed by atoms with van der Waals surface area (Å²) < 4.78 is 9.69. The van der Waals surface area contributed by atoms with Gasteiger partial charge in [0.15, 0.2) is 0 Å². The minimum absolute atomic E-state index is 0.0969. The van der Waals surface area contributed by atoms with Gasteiger partial charge in [0, 0.05) is 30.6 Å². The molecule has 0 aliphatic carbocycles. The van der Waals surface area contributed by atoms with Crippen molar-refractivity contribution in [3.63, 3.8) is 0 Å². The maximum Gasteiger partial charge on any atom is 0.298 e. The van der Waals surface area contributed by atoms with Crippen LogP contribution in [-0.2, 0) is 11.2 Å². The monoisotopic (exact) mass is 263 g/mol. The average Bonchev–Trinajstić information content (AvgIpc) is 2.79. The highest BCUT2D eigenvalue weighted by molar-refractivity contribution is 7.07. The Hall–Kier alpha value is -1.95. The number of carbonyl (C=O) groups excluding carboxylic acids is 1. The standard InChI is InChI=1S/C12H13N3O2S/c1-3-11-14-12(18-15-11)17-10-6-4-9(5-7-10)13-8(2)16/h4-7H,3H2,1-2H3,(H,13,16). The molecule has 94 valence electrons. The van der Waals surface area contributed by atoms with E-state index in [0.29, 0.717) is 10.9 Å². The van der Waals surface area contributed by atoms with Gasteiger partial charge in [-0.3, -0.25) is 4.79 Å². The fourth-order valence-electron chi connectivity index (χ4n) is 1.33. The number of ether oxygens (including phenoxy) is 1. The molecule has 1 aromatic heterocycles. The first-order valence-corrected chi connectivity index (χ1v) is 6.33. The summed E-state index contributed by atoms with van der Waals surface area (Å²) in [7, 11) is 0. The van der Waals surface area contributed by atoms with E-state index in [4.69, 9.17) is 4.74 Å². The average molecular weight is 263 g/mol. The van der Waals surface area contributed by atoms with Crippen LogP contribution >= 0.6 is 11.5 Å². The molecule has 2 rings (SSSR count). The second kappa shape index (κ2) is 5.59. The van der Waals surface area contributed by atoms with Crippen LogP contribution in [0.15, 0.2) is 24.3 Å². The molecule has 0 atom stereocenters. The first-order valence-electron chi connectivity index (χ1n) is 5.55. The van der Waals surface area contributed by atoms with Crippen LogP contribution in [0.2, 0.25) is 0 Å². The van der Waals surface area contributed by atoms with E-state index in [1.807, 2.05) is 6.92 Å². The van der Waals surface area contributed by atoms with Crippen molar-refractivity contribution in [2.24, 2.45) is 0 Å². The summed E-state index contributed by atoms with van der Waals surface area (Å²) in [5, 5.41) is 3.22. The van der Waals surface area contributed by atoms with Crippen LogP contribution in [-0.4, -0.2) is 15.3 Å². The van der Waals surface area contributed by atoms with Gasteiger partial charge in [0.25, 0.3) is 5.19 Å². The molecule has 1 amide bonds. The van der Waals surface area contributed by atoms with Gasteiger partial charge in [-0.15, -0.1) is 0 Å². The maximum atomic E-state index is 10.9. The highest BCUT2D eigenvalue weighted by Crippen LogP contribution is 2.24. The minimum Gasteiger partial charge on any atom is -0.430 e. The number of amides is 1. The summed E-state index contributed by atoms with van der Waals surface area (Å²) in [4.78, 5) is 15.1. The summed E-state index contributed by atoms with van der Waals surface area (Å²) in [6, 6.07) is 7.10. The number of benzene rings is 1. The van der Waals surface area contributed by atoms with Gasteiger partial charge in [0.05, 0.1) is 0 Å². The fraction of sp³-hybridized carbons (Fsp3) is 0.250. The van der Waals surface area contributed by atoms with Crippen molar-refractivity contribution in [3.8, 4) is 10.9 Å². The number of hydrogen-bond donors (Lipinski definition) is 1. The second-order valence-corrected chi connectivity index (χ2v) is 4.35. The molecule has 0 aliphatic rings. The molecule has 0 saturated carbocycles. The summed E-state index contributed by atoms with van der Waals surface area (Å²) in [5.74, 6) is 1.35. The van der Waals surface area contributed by atoms with E-state index in [1.54, 1.807) is 24.3 Å². The zero-order valence-electron chi connectivity index (χ0n) is 10.1. The number of nitrogens with one attached hydrogen (secondary N) is 1. The number of hydrogen-bond acceptors (Lipinski definition) is 5. The molecule has 0 bridgehead atoms. The number of rotatable bonds is 4. The normalized spacial score (nSPS) is 10.1. The van der Waals surface area contributed by atoms with E-state index >= 15 is 0 Å². The van der Waals surface area contributed by atoms with E-state index in [1.165, 1.54) is 18.5 Å². The van der Waals surface area contributed by atoms with Crippen LogP contribution in [0.1, 0.15) is 19.7 Å². The van der Waals surface area contributed by atoms with Crippen LogP contribution < -0.4 is 10.1 Å². The molecule has 1 N–H and O–H groups in total. The predicted octanol–water partition coefficient (Wildman–Crippen LogP) is 2.85. The van der Waals surface area contributed by atoms with Gasteiger partial charge in [-0.1, -0.05) is 6.92 Å². The van der Waals surface area contributed by atoms with E-state index in [-0.39, 0.29) is 5.91 Å². The van der Waals surface area contributed by atoms with Crippen molar-refractivity contribution in [2.75, 3.05) is 5.32 Å². The first kappa shape index (κ1) is 12.5. The van der Waals surface area contributed by atoms with Crippen LogP contribution in [0, 0.1) is 0 Å². The Morgan fingerprint density at radius 2 is 2.11 bits per heavy atom. The largest absolute Gasteiger partial charge is 0.430 e. The molecule has 0 radical (unpaired) electrons. The molecular weight excluding hydrogens is 250 g/mol. The number of nitrogens with zero attached hydrogens (tertiary/aromatic N) is 2. The molecule has 2 aromatic rings. The van der Waals surface area contributed by atoms with Gasteiger partial charge in [-0.2, -0.15) is 9.36 Å². The number of anilines is 1. The van der Waals surface area contributed by atoms with Crippen LogP contribution in [0.25, 0.3) is 0 Å². The van der Waals surface area contributed by atoms with Crippen LogP contribution in [0.4, 0.5) is 5.69 Å². The third-order valence-corrected chi connectivity index (χ3v) is 2.78. The third-order valence-electron chi connectivity index (χ3n) is 2.15. The van der Waals surface area contributed by atoms with Gasteiger partial charge < -0.3 is 10.1 Å². The summed E-state index contributed by atoms with van der Waals surface area (Å²) in [6.45, 7) is 3.46. The maximum absolute atomic E-state index is 10.9. The first-order chi connectivity index (χ1) is 8.67. The Morgan fingerprint density at radius 3 is 2.67 bits per heavy atom. The van der Waals surface area contributed by atoms with Gasteiger partial charge in [-0.25, -0.2) is 0 Å². The molecular formula is C12H13N3O2S. The molecule has 1 heterocycles. The molecule has 6 heteroatoms. The molecule has 18 heavy (non-hydrogen) atoms. The Morgan fingerprint density at radius 1 is 1.39 bits per heavy atom. The van der Waals surface area contributed by atoms with Crippen molar-refractivity contribution in [1.29, 1.82) is 0 Å². The topological polar surface area (TPSA) is 64.1 Å². The SMILES string of the molecule is CCc1nsc(Oc2ccc(NC(C)=O)cc2)n1. The van der Waals surface area contributed by atoms with Gasteiger partial charge in [0.2, 0.25) is 5.91 Å². The Balaban J connectivity index is 2.03. The van der Waals surface area contributed by atoms with Gasteiger partial charge in [-0.05, 0) is 24.3 Å². The molecule has 1 aromatic carbocycles. The lowest BCUT2D eigenvalue weighted by atomic mass is 10.3. The van der Waals surface area contributed by atoms with Gasteiger partial charge >= 0.3 is 0 Å². The van der Waals surface area contributed by atoms with E-state index in [9.17, 15) is 4.79 Å². The lowest BCUT2D eigenvalue weighted by Crippen LogP contribution is -2.05. The van der Waals surface area contributed by atoms with Crippen molar-refractivity contribution in [2.45, 2.75) is 20.3 Å². The molecule has 5 nitrogen and oxygen atoms in total. The quantitative estimate of drug-likeness (QED) is 0.921. The zero-order chi connectivity index (χ0) is 13.0. The minimum atomic E-state index is -0.0969. The van der Waals surface area contributed by atoms with E-state index < -0.39 is 0 Å². The lowest BCUT2D eigenvalue weighted by molar-refractivity contribution is -0.114. The summed E-state index contributed by atoms with van der Waals surface area (Å²) in [6.07, 6.45) is 0.793. The number of carbonyl (C=O) groups is 1.